The van der Waals surface area contributed by atoms with E-state index >= 15 is 0 Å². The van der Waals surface area contributed by atoms with Crippen molar-refractivity contribution in [2.75, 3.05) is 0 Å². The van der Waals surface area contributed by atoms with Gasteiger partial charge in [-0.25, -0.2) is 0 Å². The van der Waals surface area contributed by atoms with E-state index < -0.39 is 6.04 Å². The van der Waals surface area contributed by atoms with Crippen LogP contribution in [0.15, 0.2) is 0 Å². The van der Waals surface area contributed by atoms with Crippen molar-refractivity contribution in [3.05, 3.63) is 0 Å². The summed E-state index contributed by atoms with van der Waals surface area (Å²) < 4.78 is 0. The number of nitrogens with two attached hydrogens (primary N) is 1. The maximum Gasteiger partial charge on any atom is 0.240 e. The standard InChI is InChI=1S/C12H20N2O/c1-4-6-11(13)12(15)14-9(3)7-8-10(14)5-2/h1,9-11H,5-8,13H2,2-3H3. The first-order chi connectivity index (χ1) is 7.11. The average Bonchev–Trinajstić information content (AvgIpc) is 2.58. The molecule has 0 aromatic heterocycles. The van der Waals surface area contributed by atoms with Crippen LogP contribution in [-0.4, -0.2) is 28.9 Å². The number of hydrogen-bond acceptors (Lipinski definition) is 2. The molecular weight excluding hydrogens is 188 g/mol. The van der Waals surface area contributed by atoms with Crippen molar-refractivity contribution in [2.24, 2.45) is 5.73 Å². The monoisotopic (exact) mass is 208 g/mol. The third-order valence-corrected chi connectivity index (χ3v) is 3.17. The summed E-state index contributed by atoms with van der Waals surface area (Å²) >= 11 is 0. The number of likely N-dealkylation sites (tertiary alicyclic amines) is 1. The molecule has 0 radical (unpaired) electrons. The molecule has 0 aliphatic carbocycles. The maximum atomic E-state index is 12.0. The first-order valence-corrected chi connectivity index (χ1v) is 5.63. The summed E-state index contributed by atoms with van der Waals surface area (Å²) in [5.74, 6) is 2.47. The van der Waals surface area contributed by atoms with Crippen LogP contribution >= 0.6 is 0 Å². The van der Waals surface area contributed by atoms with Gasteiger partial charge in [-0.15, -0.1) is 12.3 Å². The number of terminal acetylenes is 1. The first kappa shape index (κ1) is 12.1. The fraction of sp³-hybridized carbons (Fsp3) is 0.750. The van der Waals surface area contributed by atoms with Crippen LogP contribution in [0.25, 0.3) is 0 Å². The Kier molecular flexibility index (Phi) is 4.16. The van der Waals surface area contributed by atoms with Crippen LogP contribution in [0.3, 0.4) is 0 Å². The Morgan fingerprint density at radius 3 is 2.87 bits per heavy atom. The molecule has 0 aromatic carbocycles. The Hall–Kier alpha value is -1.01. The molecule has 0 saturated carbocycles. The SMILES string of the molecule is C#CCC(N)C(=O)N1C(C)CCC1CC. The lowest BCUT2D eigenvalue weighted by molar-refractivity contribution is -0.135. The molecular formula is C12H20N2O. The molecule has 1 fully saturated rings. The van der Waals surface area contributed by atoms with Crippen LogP contribution in [0.5, 0.6) is 0 Å². The van der Waals surface area contributed by atoms with E-state index in [0.717, 1.165) is 19.3 Å². The smallest absolute Gasteiger partial charge is 0.240 e. The van der Waals surface area contributed by atoms with Crippen LogP contribution in [-0.2, 0) is 4.79 Å². The lowest BCUT2D eigenvalue weighted by atomic mass is 10.1. The van der Waals surface area contributed by atoms with E-state index in [9.17, 15) is 4.79 Å². The summed E-state index contributed by atoms with van der Waals surface area (Å²) in [6.07, 6.45) is 8.66. The summed E-state index contributed by atoms with van der Waals surface area (Å²) in [5, 5.41) is 0. The molecule has 3 atom stereocenters. The zero-order chi connectivity index (χ0) is 11.4. The van der Waals surface area contributed by atoms with Crippen molar-refractivity contribution in [2.45, 2.75) is 57.7 Å². The summed E-state index contributed by atoms with van der Waals surface area (Å²) in [7, 11) is 0. The molecule has 15 heavy (non-hydrogen) atoms. The van der Waals surface area contributed by atoms with E-state index in [0.29, 0.717) is 18.5 Å². The molecule has 0 aromatic rings. The van der Waals surface area contributed by atoms with Gasteiger partial charge in [-0.1, -0.05) is 6.92 Å². The number of amides is 1. The second-order valence-electron chi connectivity index (χ2n) is 4.25. The second kappa shape index (κ2) is 5.18. The zero-order valence-corrected chi connectivity index (χ0v) is 9.57. The normalized spacial score (nSPS) is 27.5. The van der Waals surface area contributed by atoms with Gasteiger partial charge in [-0.05, 0) is 26.2 Å². The fourth-order valence-corrected chi connectivity index (χ4v) is 2.28. The van der Waals surface area contributed by atoms with Crippen molar-refractivity contribution in [1.82, 2.24) is 4.90 Å². The maximum absolute atomic E-state index is 12.0. The Labute approximate surface area is 92.0 Å². The van der Waals surface area contributed by atoms with Gasteiger partial charge < -0.3 is 10.6 Å². The Morgan fingerprint density at radius 2 is 2.33 bits per heavy atom. The minimum Gasteiger partial charge on any atom is -0.336 e. The van der Waals surface area contributed by atoms with Crippen LogP contribution in [0, 0.1) is 12.3 Å². The highest BCUT2D eigenvalue weighted by Gasteiger charge is 2.34. The van der Waals surface area contributed by atoms with Gasteiger partial charge in [0.15, 0.2) is 0 Å². The van der Waals surface area contributed by atoms with Crippen LogP contribution < -0.4 is 5.73 Å². The zero-order valence-electron chi connectivity index (χ0n) is 9.57. The van der Waals surface area contributed by atoms with Crippen LogP contribution in [0.1, 0.15) is 39.5 Å². The lowest BCUT2D eigenvalue weighted by Gasteiger charge is -2.30. The first-order valence-electron chi connectivity index (χ1n) is 5.63. The predicted molar refractivity (Wildman–Crippen MR) is 61.0 cm³/mol. The summed E-state index contributed by atoms with van der Waals surface area (Å²) in [6, 6.07) is 0.146. The largest absolute Gasteiger partial charge is 0.336 e. The number of carbonyl (C=O) groups is 1. The molecule has 1 amide bonds. The molecule has 2 N–H and O–H groups in total. The number of rotatable bonds is 3. The number of hydrogen-bond donors (Lipinski definition) is 1. The lowest BCUT2D eigenvalue weighted by Crippen LogP contribution is -2.48. The Balaban J connectivity index is 2.68. The van der Waals surface area contributed by atoms with E-state index in [-0.39, 0.29) is 5.91 Å². The molecule has 1 heterocycles. The van der Waals surface area contributed by atoms with E-state index in [1.165, 1.54) is 0 Å². The van der Waals surface area contributed by atoms with Gasteiger partial charge in [-0.3, -0.25) is 4.79 Å². The quantitative estimate of drug-likeness (QED) is 0.707. The summed E-state index contributed by atoms with van der Waals surface area (Å²) in [4.78, 5) is 14.0. The Morgan fingerprint density at radius 1 is 1.67 bits per heavy atom. The van der Waals surface area contributed by atoms with Gasteiger partial charge in [0.05, 0.1) is 6.04 Å². The van der Waals surface area contributed by atoms with Crippen molar-refractivity contribution < 1.29 is 4.79 Å². The van der Waals surface area contributed by atoms with Crippen molar-refractivity contribution >= 4 is 5.91 Å². The van der Waals surface area contributed by atoms with Gasteiger partial charge in [0, 0.05) is 18.5 Å². The highest BCUT2D eigenvalue weighted by molar-refractivity contribution is 5.82. The molecule has 0 spiro atoms. The molecule has 1 aliphatic heterocycles. The minimum absolute atomic E-state index is 0.0183. The predicted octanol–water partition coefficient (Wildman–Crippen LogP) is 1.13. The average molecular weight is 208 g/mol. The molecule has 1 aliphatic rings. The van der Waals surface area contributed by atoms with E-state index in [1.54, 1.807) is 0 Å². The van der Waals surface area contributed by atoms with E-state index in [1.807, 2.05) is 4.90 Å². The fourth-order valence-electron chi connectivity index (χ4n) is 2.28. The summed E-state index contributed by atoms with van der Waals surface area (Å²) in [6.45, 7) is 4.19. The highest BCUT2D eigenvalue weighted by Crippen LogP contribution is 2.26. The topological polar surface area (TPSA) is 46.3 Å². The number of nitrogens with zero attached hydrogens (tertiary/aromatic N) is 1. The Bertz CT molecular complexity index is 269. The molecule has 1 saturated heterocycles. The van der Waals surface area contributed by atoms with Gasteiger partial charge in [0.25, 0.3) is 0 Å². The third-order valence-electron chi connectivity index (χ3n) is 3.17. The third kappa shape index (κ3) is 2.51. The number of carbonyl (C=O) groups excluding carboxylic acids is 1. The molecule has 84 valence electrons. The van der Waals surface area contributed by atoms with Crippen molar-refractivity contribution in [3.8, 4) is 12.3 Å². The molecule has 3 unspecified atom stereocenters. The van der Waals surface area contributed by atoms with Crippen molar-refractivity contribution in [1.29, 1.82) is 0 Å². The van der Waals surface area contributed by atoms with Gasteiger partial charge in [0.1, 0.15) is 0 Å². The van der Waals surface area contributed by atoms with Crippen LogP contribution in [0.2, 0.25) is 0 Å². The second-order valence-corrected chi connectivity index (χ2v) is 4.25. The van der Waals surface area contributed by atoms with Gasteiger partial charge in [-0.2, -0.15) is 0 Å². The van der Waals surface area contributed by atoms with E-state index in [2.05, 4.69) is 19.8 Å². The minimum atomic E-state index is -0.524. The highest BCUT2D eigenvalue weighted by atomic mass is 16.2. The molecule has 3 heteroatoms. The molecule has 0 bridgehead atoms. The molecule has 3 nitrogen and oxygen atoms in total. The summed E-state index contributed by atoms with van der Waals surface area (Å²) in [5.41, 5.74) is 5.75. The van der Waals surface area contributed by atoms with E-state index in [4.69, 9.17) is 12.2 Å². The van der Waals surface area contributed by atoms with Crippen molar-refractivity contribution in [3.63, 3.8) is 0 Å². The van der Waals surface area contributed by atoms with Gasteiger partial charge in [0.2, 0.25) is 5.91 Å². The van der Waals surface area contributed by atoms with Crippen LogP contribution in [0.4, 0.5) is 0 Å². The molecule has 1 rings (SSSR count). The van der Waals surface area contributed by atoms with Gasteiger partial charge >= 0.3 is 0 Å².